The van der Waals surface area contributed by atoms with E-state index in [1.54, 1.807) is 19.9 Å². The second-order valence-corrected chi connectivity index (χ2v) is 9.98. The summed E-state index contributed by atoms with van der Waals surface area (Å²) in [5, 5.41) is 5.05. The highest BCUT2D eigenvalue weighted by Gasteiger charge is 2.25. The van der Waals surface area contributed by atoms with E-state index in [0.717, 1.165) is 4.90 Å². The van der Waals surface area contributed by atoms with Crippen LogP contribution in [0, 0.1) is 12.7 Å². The summed E-state index contributed by atoms with van der Waals surface area (Å²) in [7, 11) is -3.71. The van der Waals surface area contributed by atoms with Crippen LogP contribution in [-0.2, 0) is 19.4 Å². The maximum Gasteiger partial charge on any atom is 0.237 e. The van der Waals surface area contributed by atoms with E-state index in [-0.39, 0.29) is 28.2 Å². The Morgan fingerprint density at radius 1 is 1.25 bits per heavy atom. The molecule has 1 aliphatic heterocycles. The number of rotatable bonds is 5. The third-order valence-corrected chi connectivity index (χ3v) is 7.19. The van der Waals surface area contributed by atoms with Gasteiger partial charge in [0.05, 0.1) is 21.6 Å². The first-order valence-electron chi connectivity index (χ1n) is 8.56. The lowest BCUT2D eigenvalue weighted by atomic mass is 10.2. The Balaban J connectivity index is 1.68. The number of amides is 2. The van der Waals surface area contributed by atoms with Gasteiger partial charge in [-0.2, -0.15) is 0 Å². The number of aryl methyl sites for hydroxylation is 1. The molecule has 0 aromatic heterocycles. The van der Waals surface area contributed by atoms with E-state index in [0.29, 0.717) is 16.9 Å². The number of nitrogens with one attached hydrogen (secondary N) is 2. The maximum atomic E-state index is 13.1. The fourth-order valence-corrected chi connectivity index (χ4v) is 4.90. The van der Waals surface area contributed by atoms with Crippen LogP contribution in [0.3, 0.4) is 0 Å². The van der Waals surface area contributed by atoms with E-state index >= 15 is 0 Å². The van der Waals surface area contributed by atoms with Crippen molar-refractivity contribution in [3.63, 3.8) is 0 Å². The van der Waals surface area contributed by atoms with Crippen molar-refractivity contribution in [3.05, 3.63) is 47.8 Å². The molecule has 1 atom stereocenters. The highest BCUT2D eigenvalue weighted by atomic mass is 32.2. The number of fused-ring (bicyclic) bond motifs is 1. The monoisotopic (exact) mass is 422 g/mol. The average Bonchev–Trinajstić information content (AvgIpc) is 2.63. The third-order valence-electron chi connectivity index (χ3n) is 4.30. The Labute approximate surface area is 166 Å². The molecule has 2 N–H and O–H groups in total. The van der Waals surface area contributed by atoms with Crippen molar-refractivity contribution in [1.82, 2.24) is 0 Å². The summed E-state index contributed by atoms with van der Waals surface area (Å²) >= 11 is 1.36. The van der Waals surface area contributed by atoms with Gasteiger partial charge in [0.15, 0.2) is 9.84 Å². The first-order valence-corrected chi connectivity index (χ1v) is 11.1. The van der Waals surface area contributed by atoms with Gasteiger partial charge < -0.3 is 10.6 Å². The van der Waals surface area contributed by atoms with Crippen LogP contribution in [-0.4, -0.2) is 31.2 Å². The van der Waals surface area contributed by atoms with Gasteiger partial charge in [-0.1, -0.05) is 0 Å². The van der Waals surface area contributed by atoms with E-state index in [1.807, 2.05) is 0 Å². The Morgan fingerprint density at radius 3 is 2.71 bits per heavy atom. The van der Waals surface area contributed by atoms with Gasteiger partial charge in [0, 0.05) is 17.0 Å². The SMILES string of the molecule is Cc1cc(F)ccc1NC(=O)CCS(=O)(=O)c1ccc2c(c1)NC(=O)[C@@H](C)S2. The summed E-state index contributed by atoms with van der Waals surface area (Å²) in [6, 6.07) is 8.50. The third kappa shape index (κ3) is 4.53. The predicted molar refractivity (Wildman–Crippen MR) is 107 cm³/mol. The molecule has 2 aromatic rings. The summed E-state index contributed by atoms with van der Waals surface area (Å²) < 4.78 is 38.3. The molecule has 1 aliphatic rings. The van der Waals surface area contributed by atoms with E-state index in [4.69, 9.17) is 0 Å². The van der Waals surface area contributed by atoms with Gasteiger partial charge in [-0.3, -0.25) is 9.59 Å². The Hall–Kier alpha value is -2.39. The van der Waals surface area contributed by atoms with E-state index in [1.165, 1.54) is 42.1 Å². The van der Waals surface area contributed by atoms with Crippen LogP contribution in [0.25, 0.3) is 0 Å². The van der Waals surface area contributed by atoms with Crippen LogP contribution in [0.2, 0.25) is 0 Å². The topological polar surface area (TPSA) is 92.3 Å². The Bertz CT molecular complexity index is 1050. The molecule has 28 heavy (non-hydrogen) atoms. The minimum Gasteiger partial charge on any atom is -0.326 e. The lowest BCUT2D eigenvalue weighted by Gasteiger charge is -2.21. The summed E-state index contributed by atoms with van der Waals surface area (Å²) in [6.45, 7) is 3.42. The summed E-state index contributed by atoms with van der Waals surface area (Å²) in [6.07, 6.45) is -0.242. The molecule has 2 aromatic carbocycles. The van der Waals surface area contributed by atoms with Crippen molar-refractivity contribution >= 4 is 44.8 Å². The summed E-state index contributed by atoms with van der Waals surface area (Å²) in [5.41, 5.74) is 1.44. The van der Waals surface area contributed by atoms with Crippen LogP contribution in [0.1, 0.15) is 18.9 Å². The standard InChI is InChI=1S/C19H19FN2O4S2/c1-11-9-13(20)3-5-15(11)21-18(23)7-8-28(25,26)14-4-6-17-16(10-14)22-19(24)12(2)27-17/h3-6,9-10,12H,7-8H2,1-2H3,(H,21,23)(H,22,24)/t12-/m1/s1. The number of anilines is 2. The van der Waals surface area contributed by atoms with E-state index in [2.05, 4.69) is 10.6 Å². The van der Waals surface area contributed by atoms with Gasteiger partial charge in [0.1, 0.15) is 5.82 Å². The van der Waals surface area contributed by atoms with Gasteiger partial charge in [0.2, 0.25) is 11.8 Å². The fourth-order valence-electron chi connectivity index (χ4n) is 2.71. The van der Waals surface area contributed by atoms with Gasteiger partial charge in [0.25, 0.3) is 0 Å². The largest absolute Gasteiger partial charge is 0.326 e. The minimum atomic E-state index is -3.71. The lowest BCUT2D eigenvalue weighted by molar-refractivity contribution is -0.116. The molecule has 0 spiro atoms. The van der Waals surface area contributed by atoms with Crippen LogP contribution in [0.5, 0.6) is 0 Å². The number of carbonyl (C=O) groups is 2. The zero-order valence-corrected chi connectivity index (χ0v) is 16.9. The molecule has 1 heterocycles. The predicted octanol–water partition coefficient (Wildman–Crippen LogP) is 3.37. The van der Waals surface area contributed by atoms with Crippen LogP contribution in [0.15, 0.2) is 46.2 Å². The van der Waals surface area contributed by atoms with Gasteiger partial charge in [-0.25, -0.2) is 12.8 Å². The second-order valence-electron chi connectivity index (χ2n) is 6.48. The van der Waals surface area contributed by atoms with Crippen molar-refractivity contribution in [3.8, 4) is 0 Å². The van der Waals surface area contributed by atoms with Crippen molar-refractivity contribution in [2.45, 2.75) is 35.3 Å². The number of hydrogen-bond donors (Lipinski definition) is 2. The average molecular weight is 423 g/mol. The molecule has 0 fully saturated rings. The molecule has 3 rings (SSSR count). The molecule has 0 saturated carbocycles. The van der Waals surface area contributed by atoms with Gasteiger partial charge >= 0.3 is 0 Å². The molecule has 0 unspecified atom stereocenters. The molecule has 148 valence electrons. The first kappa shape index (κ1) is 20.3. The highest BCUT2D eigenvalue weighted by Crippen LogP contribution is 2.36. The zero-order valence-electron chi connectivity index (χ0n) is 15.3. The van der Waals surface area contributed by atoms with Gasteiger partial charge in [-0.15, -0.1) is 11.8 Å². The second kappa shape index (κ2) is 7.92. The smallest absolute Gasteiger partial charge is 0.237 e. The number of thioether (sulfide) groups is 1. The molecule has 0 aliphatic carbocycles. The Morgan fingerprint density at radius 2 is 2.00 bits per heavy atom. The maximum absolute atomic E-state index is 13.1. The minimum absolute atomic E-state index is 0.0486. The van der Waals surface area contributed by atoms with E-state index in [9.17, 15) is 22.4 Å². The molecular weight excluding hydrogens is 403 g/mol. The Kier molecular flexibility index (Phi) is 5.76. The number of carbonyl (C=O) groups excluding carboxylic acids is 2. The molecule has 0 bridgehead atoms. The van der Waals surface area contributed by atoms with Crippen molar-refractivity contribution in [2.75, 3.05) is 16.4 Å². The number of hydrogen-bond acceptors (Lipinski definition) is 5. The molecule has 0 saturated heterocycles. The molecule has 6 nitrogen and oxygen atoms in total. The highest BCUT2D eigenvalue weighted by molar-refractivity contribution is 8.01. The van der Waals surface area contributed by atoms with Crippen LogP contribution < -0.4 is 10.6 Å². The zero-order chi connectivity index (χ0) is 20.5. The molecule has 2 amide bonds. The van der Waals surface area contributed by atoms with Crippen molar-refractivity contribution in [1.29, 1.82) is 0 Å². The number of sulfone groups is 1. The normalized spacial score (nSPS) is 16.2. The van der Waals surface area contributed by atoms with Crippen molar-refractivity contribution < 1.29 is 22.4 Å². The molecule has 9 heteroatoms. The summed E-state index contributed by atoms with van der Waals surface area (Å²) in [4.78, 5) is 24.8. The number of halogens is 1. The van der Waals surface area contributed by atoms with Crippen LogP contribution >= 0.6 is 11.8 Å². The van der Waals surface area contributed by atoms with Gasteiger partial charge in [-0.05, 0) is 55.8 Å². The lowest BCUT2D eigenvalue weighted by Crippen LogP contribution is -2.26. The first-order chi connectivity index (χ1) is 13.2. The molecular formula is C19H19FN2O4S2. The van der Waals surface area contributed by atoms with Crippen LogP contribution in [0.4, 0.5) is 15.8 Å². The van der Waals surface area contributed by atoms with E-state index < -0.39 is 21.6 Å². The quantitative estimate of drug-likeness (QED) is 0.771. The summed E-state index contributed by atoms with van der Waals surface area (Å²) in [5.74, 6) is -1.45. The molecule has 0 radical (unpaired) electrons. The fraction of sp³-hybridized carbons (Fsp3) is 0.263. The van der Waals surface area contributed by atoms with Crippen molar-refractivity contribution in [2.24, 2.45) is 0 Å². The number of benzene rings is 2.